The van der Waals surface area contributed by atoms with Gasteiger partial charge >= 0.3 is 0 Å². The smallest absolute Gasteiger partial charge is 0.0441 e. The van der Waals surface area contributed by atoms with E-state index in [1.54, 1.807) is 6.26 Å². The standard InChI is InChI=1S/C11H23NOS/c1-9(14(4)13)8-12-10-6-5-7-11(10,2)3/h9-10,12H,5-8H2,1-4H3. The molecule has 84 valence electrons. The van der Waals surface area contributed by atoms with Gasteiger partial charge < -0.3 is 5.32 Å². The molecule has 0 saturated heterocycles. The molecule has 1 rings (SSSR count). The van der Waals surface area contributed by atoms with E-state index >= 15 is 0 Å². The largest absolute Gasteiger partial charge is 0.312 e. The summed E-state index contributed by atoms with van der Waals surface area (Å²) >= 11 is 0. The third kappa shape index (κ3) is 3.06. The lowest BCUT2D eigenvalue weighted by Gasteiger charge is -2.28. The van der Waals surface area contributed by atoms with Crippen LogP contribution in [-0.2, 0) is 10.8 Å². The van der Waals surface area contributed by atoms with Gasteiger partial charge in [-0.1, -0.05) is 20.3 Å². The van der Waals surface area contributed by atoms with Gasteiger partial charge in [-0.05, 0) is 25.2 Å². The van der Waals surface area contributed by atoms with Crippen LogP contribution in [0, 0.1) is 5.41 Å². The molecule has 3 unspecified atom stereocenters. The van der Waals surface area contributed by atoms with Crippen molar-refractivity contribution < 1.29 is 4.21 Å². The Kier molecular flexibility index (Phi) is 4.14. The lowest BCUT2D eigenvalue weighted by molar-refractivity contribution is 0.285. The van der Waals surface area contributed by atoms with Gasteiger partial charge in [-0.25, -0.2) is 0 Å². The summed E-state index contributed by atoms with van der Waals surface area (Å²) in [5.74, 6) is 0. The van der Waals surface area contributed by atoms with Gasteiger partial charge in [0, 0.05) is 34.9 Å². The predicted molar refractivity (Wildman–Crippen MR) is 63.0 cm³/mol. The van der Waals surface area contributed by atoms with Crippen molar-refractivity contribution in [1.82, 2.24) is 5.32 Å². The Morgan fingerprint density at radius 2 is 2.21 bits per heavy atom. The molecule has 2 nitrogen and oxygen atoms in total. The molecule has 1 aliphatic rings. The summed E-state index contributed by atoms with van der Waals surface area (Å²) in [6.07, 6.45) is 5.70. The lowest BCUT2D eigenvalue weighted by Crippen LogP contribution is -2.41. The minimum atomic E-state index is -0.698. The number of hydrogen-bond donors (Lipinski definition) is 1. The molecule has 0 aromatic rings. The zero-order valence-corrected chi connectivity index (χ0v) is 10.6. The van der Waals surface area contributed by atoms with Crippen LogP contribution in [0.2, 0.25) is 0 Å². The summed E-state index contributed by atoms with van der Waals surface area (Å²) in [6.45, 7) is 7.58. The van der Waals surface area contributed by atoms with Crippen LogP contribution in [0.3, 0.4) is 0 Å². The van der Waals surface area contributed by atoms with Gasteiger partial charge in [0.15, 0.2) is 0 Å². The van der Waals surface area contributed by atoms with E-state index in [1.807, 2.05) is 6.92 Å². The molecule has 3 heteroatoms. The number of rotatable bonds is 4. The molecule has 1 fully saturated rings. The maximum absolute atomic E-state index is 11.2. The van der Waals surface area contributed by atoms with E-state index in [2.05, 4.69) is 19.2 Å². The van der Waals surface area contributed by atoms with Gasteiger partial charge in [0.25, 0.3) is 0 Å². The van der Waals surface area contributed by atoms with Crippen LogP contribution in [0.15, 0.2) is 0 Å². The van der Waals surface area contributed by atoms with E-state index in [0.717, 1.165) is 6.54 Å². The molecule has 0 bridgehead atoms. The predicted octanol–water partition coefficient (Wildman–Crippen LogP) is 1.92. The first kappa shape index (κ1) is 12.2. The number of hydrogen-bond acceptors (Lipinski definition) is 2. The Bertz CT molecular complexity index is 215. The first-order valence-electron chi connectivity index (χ1n) is 5.49. The Morgan fingerprint density at radius 1 is 1.57 bits per heavy atom. The summed E-state index contributed by atoms with van der Waals surface area (Å²) in [4.78, 5) is 0. The first-order chi connectivity index (χ1) is 6.43. The number of nitrogens with one attached hydrogen (secondary N) is 1. The molecule has 0 aromatic carbocycles. The SMILES string of the molecule is CC(CNC1CCCC1(C)C)S(C)=O. The third-order valence-electron chi connectivity index (χ3n) is 3.48. The average molecular weight is 217 g/mol. The van der Waals surface area contributed by atoms with Gasteiger partial charge in [0.05, 0.1) is 0 Å². The molecule has 1 saturated carbocycles. The van der Waals surface area contributed by atoms with Crippen molar-refractivity contribution in [2.24, 2.45) is 5.41 Å². The van der Waals surface area contributed by atoms with E-state index in [4.69, 9.17) is 0 Å². The van der Waals surface area contributed by atoms with Crippen molar-refractivity contribution >= 4 is 10.8 Å². The lowest BCUT2D eigenvalue weighted by atomic mass is 9.87. The van der Waals surface area contributed by atoms with Gasteiger partial charge in [0.2, 0.25) is 0 Å². The van der Waals surface area contributed by atoms with Gasteiger partial charge in [-0.15, -0.1) is 0 Å². The third-order valence-corrected chi connectivity index (χ3v) is 4.78. The highest BCUT2D eigenvalue weighted by Crippen LogP contribution is 2.37. The Balaban J connectivity index is 2.34. The van der Waals surface area contributed by atoms with Crippen LogP contribution in [0.4, 0.5) is 0 Å². The minimum absolute atomic E-state index is 0.270. The molecule has 3 atom stereocenters. The van der Waals surface area contributed by atoms with E-state index in [0.29, 0.717) is 11.5 Å². The van der Waals surface area contributed by atoms with Crippen molar-refractivity contribution in [2.75, 3.05) is 12.8 Å². The quantitative estimate of drug-likeness (QED) is 0.779. The normalized spacial score (nSPS) is 30.1. The van der Waals surface area contributed by atoms with Crippen molar-refractivity contribution in [3.05, 3.63) is 0 Å². The van der Waals surface area contributed by atoms with E-state index in [9.17, 15) is 4.21 Å². The molecule has 0 aromatic heterocycles. The summed E-state index contributed by atoms with van der Waals surface area (Å²) in [5.41, 5.74) is 0.426. The fraction of sp³-hybridized carbons (Fsp3) is 1.00. The van der Waals surface area contributed by atoms with Crippen LogP contribution in [0.1, 0.15) is 40.0 Å². The summed E-state index contributed by atoms with van der Waals surface area (Å²) < 4.78 is 11.2. The highest BCUT2D eigenvalue weighted by atomic mass is 32.2. The monoisotopic (exact) mass is 217 g/mol. The molecule has 0 amide bonds. The second-order valence-electron chi connectivity index (χ2n) is 5.15. The van der Waals surface area contributed by atoms with Crippen LogP contribution in [0.25, 0.3) is 0 Å². The molecular formula is C11H23NOS. The van der Waals surface area contributed by atoms with E-state index < -0.39 is 10.8 Å². The van der Waals surface area contributed by atoms with E-state index in [1.165, 1.54) is 19.3 Å². The summed E-state index contributed by atoms with van der Waals surface area (Å²) in [7, 11) is -0.698. The molecule has 14 heavy (non-hydrogen) atoms. The molecule has 1 aliphatic carbocycles. The molecular weight excluding hydrogens is 194 g/mol. The molecule has 0 aliphatic heterocycles. The Labute approximate surface area is 90.3 Å². The highest BCUT2D eigenvalue weighted by molar-refractivity contribution is 7.84. The molecule has 0 radical (unpaired) electrons. The van der Waals surface area contributed by atoms with Crippen LogP contribution in [-0.4, -0.2) is 28.3 Å². The molecule has 1 N–H and O–H groups in total. The zero-order valence-electron chi connectivity index (χ0n) is 9.80. The van der Waals surface area contributed by atoms with Gasteiger partial charge in [0.1, 0.15) is 0 Å². The first-order valence-corrected chi connectivity index (χ1v) is 7.11. The van der Waals surface area contributed by atoms with Crippen LogP contribution < -0.4 is 5.32 Å². The minimum Gasteiger partial charge on any atom is -0.312 e. The van der Waals surface area contributed by atoms with Crippen LogP contribution >= 0.6 is 0 Å². The highest BCUT2D eigenvalue weighted by Gasteiger charge is 2.34. The summed E-state index contributed by atoms with van der Waals surface area (Å²) in [6, 6.07) is 0.619. The Hall–Kier alpha value is 0.110. The van der Waals surface area contributed by atoms with Crippen molar-refractivity contribution in [3.8, 4) is 0 Å². The van der Waals surface area contributed by atoms with Crippen molar-refractivity contribution in [1.29, 1.82) is 0 Å². The van der Waals surface area contributed by atoms with Gasteiger partial charge in [-0.3, -0.25) is 4.21 Å². The van der Waals surface area contributed by atoms with Crippen molar-refractivity contribution in [2.45, 2.75) is 51.3 Å². The zero-order chi connectivity index (χ0) is 10.8. The second kappa shape index (κ2) is 4.75. The van der Waals surface area contributed by atoms with Gasteiger partial charge in [-0.2, -0.15) is 0 Å². The van der Waals surface area contributed by atoms with Crippen molar-refractivity contribution in [3.63, 3.8) is 0 Å². The Morgan fingerprint density at radius 3 is 2.64 bits per heavy atom. The average Bonchev–Trinajstić information content (AvgIpc) is 2.40. The molecule has 0 heterocycles. The van der Waals surface area contributed by atoms with E-state index in [-0.39, 0.29) is 5.25 Å². The maximum Gasteiger partial charge on any atom is 0.0441 e. The maximum atomic E-state index is 11.2. The fourth-order valence-electron chi connectivity index (χ4n) is 2.13. The second-order valence-corrected chi connectivity index (χ2v) is 6.95. The molecule has 0 spiro atoms. The topological polar surface area (TPSA) is 29.1 Å². The summed E-state index contributed by atoms with van der Waals surface area (Å²) in [5, 5.41) is 3.83. The fourth-order valence-corrected chi connectivity index (χ4v) is 2.46. The van der Waals surface area contributed by atoms with Crippen LogP contribution in [0.5, 0.6) is 0 Å².